The molecule has 1 aromatic rings. The maximum Gasteiger partial charge on any atom is 0.418 e. The standard InChI is InChI=1S/C11H12F3N2/c12-11(13,14)9-3-1-2-4-10(9)16-7-5-15-6-8-16/h1-4H,5-8H2. The lowest BCUT2D eigenvalue weighted by Crippen LogP contribution is -2.41. The molecule has 87 valence electrons. The van der Waals surface area contributed by atoms with Crippen LogP contribution in [0.15, 0.2) is 24.3 Å². The molecule has 5 heteroatoms. The molecular formula is C11H12F3N2. The monoisotopic (exact) mass is 229 g/mol. The number of hydrogen-bond acceptors (Lipinski definition) is 1. The Morgan fingerprint density at radius 2 is 1.69 bits per heavy atom. The Balaban J connectivity index is 2.32. The van der Waals surface area contributed by atoms with Gasteiger partial charge >= 0.3 is 6.18 Å². The zero-order chi connectivity index (χ0) is 11.6. The van der Waals surface area contributed by atoms with Crippen LogP contribution in [-0.4, -0.2) is 26.2 Å². The average molecular weight is 229 g/mol. The Kier molecular flexibility index (Phi) is 3.05. The molecule has 0 aromatic heterocycles. The first-order valence-corrected chi connectivity index (χ1v) is 5.13. The summed E-state index contributed by atoms with van der Waals surface area (Å²) in [7, 11) is 0. The van der Waals surface area contributed by atoms with Crippen molar-refractivity contribution in [3.05, 3.63) is 29.8 Å². The highest BCUT2D eigenvalue weighted by Gasteiger charge is 2.34. The number of piperazine rings is 1. The summed E-state index contributed by atoms with van der Waals surface area (Å²) in [5, 5.41) is 4.12. The second kappa shape index (κ2) is 4.33. The lowest BCUT2D eigenvalue weighted by molar-refractivity contribution is -0.137. The third-order valence-electron chi connectivity index (χ3n) is 2.61. The first kappa shape index (κ1) is 11.3. The predicted octanol–water partition coefficient (Wildman–Crippen LogP) is 2.13. The molecule has 1 aromatic carbocycles. The van der Waals surface area contributed by atoms with Crippen LogP contribution in [0.3, 0.4) is 0 Å². The van der Waals surface area contributed by atoms with E-state index in [0.717, 1.165) is 6.07 Å². The maximum atomic E-state index is 12.8. The predicted molar refractivity (Wildman–Crippen MR) is 55.5 cm³/mol. The van der Waals surface area contributed by atoms with Crippen LogP contribution < -0.4 is 10.2 Å². The largest absolute Gasteiger partial charge is 0.418 e. The first-order valence-electron chi connectivity index (χ1n) is 5.13. The molecule has 0 amide bonds. The topological polar surface area (TPSA) is 17.3 Å². The Morgan fingerprint density at radius 3 is 2.31 bits per heavy atom. The molecule has 0 N–H and O–H groups in total. The van der Waals surface area contributed by atoms with Gasteiger partial charge in [0.1, 0.15) is 0 Å². The van der Waals surface area contributed by atoms with Crippen molar-refractivity contribution >= 4 is 5.69 Å². The van der Waals surface area contributed by atoms with Gasteiger partial charge in [0.2, 0.25) is 0 Å². The molecule has 1 heterocycles. The Labute approximate surface area is 92.1 Å². The lowest BCUT2D eigenvalue weighted by Gasteiger charge is -2.30. The van der Waals surface area contributed by atoms with E-state index in [2.05, 4.69) is 5.32 Å². The molecule has 1 saturated heterocycles. The summed E-state index contributed by atoms with van der Waals surface area (Å²) in [5.41, 5.74) is -0.290. The molecule has 1 fully saturated rings. The van der Waals surface area contributed by atoms with Gasteiger partial charge in [-0.25, -0.2) is 5.32 Å². The zero-order valence-electron chi connectivity index (χ0n) is 8.67. The van der Waals surface area contributed by atoms with Crippen molar-refractivity contribution in [2.45, 2.75) is 6.18 Å². The van der Waals surface area contributed by atoms with E-state index in [1.54, 1.807) is 11.0 Å². The van der Waals surface area contributed by atoms with Crippen molar-refractivity contribution in [2.75, 3.05) is 31.1 Å². The minimum atomic E-state index is -4.29. The van der Waals surface area contributed by atoms with E-state index in [1.807, 2.05) is 0 Å². The number of anilines is 1. The van der Waals surface area contributed by atoms with E-state index < -0.39 is 11.7 Å². The molecule has 0 atom stereocenters. The molecule has 2 nitrogen and oxygen atoms in total. The summed E-state index contributed by atoms with van der Waals surface area (Å²) < 4.78 is 38.3. The number of halogens is 3. The average Bonchev–Trinajstić information content (AvgIpc) is 2.29. The van der Waals surface area contributed by atoms with E-state index in [4.69, 9.17) is 0 Å². The van der Waals surface area contributed by atoms with Gasteiger partial charge in [-0.05, 0) is 12.1 Å². The van der Waals surface area contributed by atoms with Crippen molar-refractivity contribution in [3.63, 3.8) is 0 Å². The van der Waals surface area contributed by atoms with Gasteiger partial charge in [-0.15, -0.1) is 0 Å². The molecular weight excluding hydrogens is 217 g/mol. The van der Waals surface area contributed by atoms with E-state index in [9.17, 15) is 13.2 Å². The van der Waals surface area contributed by atoms with E-state index in [-0.39, 0.29) is 5.69 Å². The SMILES string of the molecule is FC(F)(F)c1ccccc1N1CC[N]CC1. The summed E-state index contributed by atoms with van der Waals surface area (Å²) in [4.78, 5) is 1.75. The number of benzene rings is 1. The number of alkyl halides is 3. The molecule has 2 rings (SSSR count). The zero-order valence-corrected chi connectivity index (χ0v) is 8.67. The van der Waals surface area contributed by atoms with E-state index >= 15 is 0 Å². The molecule has 0 spiro atoms. The van der Waals surface area contributed by atoms with Crippen molar-refractivity contribution in [2.24, 2.45) is 0 Å². The minimum Gasteiger partial charge on any atom is -0.368 e. The van der Waals surface area contributed by atoms with Gasteiger partial charge in [-0.3, -0.25) is 0 Å². The van der Waals surface area contributed by atoms with Gasteiger partial charge in [0.15, 0.2) is 0 Å². The second-order valence-electron chi connectivity index (χ2n) is 3.67. The summed E-state index contributed by atoms with van der Waals surface area (Å²) in [6, 6.07) is 5.70. The second-order valence-corrected chi connectivity index (χ2v) is 3.67. The third kappa shape index (κ3) is 2.29. The molecule has 1 aliphatic rings. The molecule has 1 aliphatic heterocycles. The van der Waals surface area contributed by atoms with E-state index in [0.29, 0.717) is 26.2 Å². The third-order valence-corrected chi connectivity index (χ3v) is 2.61. The highest BCUT2D eigenvalue weighted by atomic mass is 19.4. The number of rotatable bonds is 1. The fourth-order valence-corrected chi connectivity index (χ4v) is 1.84. The summed E-state index contributed by atoms with van der Waals surface area (Å²) in [6.45, 7) is 2.33. The quantitative estimate of drug-likeness (QED) is 0.721. The number of para-hydroxylation sites is 1. The first-order chi connectivity index (χ1) is 7.59. The van der Waals surface area contributed by atoms with Crippen LogP contribution in [0.25, 0.3) is 0 Å². The van der Waals surface area contributed by atoms with Crippen LogP contribution in [0, 0.1) is 0 Å². The maximum absolute atomic E-state index is 12.8. The van der Waals surface area contributed by atoms with Crippen molar-refractivity contribution < 1.29 is 13.2 Å². The Morgan fingerprint density at radius 1 is 1.06 bits per heavy atom. The number of hydrogen-bond donors (Lipinski definition) is 0. The lowest BCUT2D eigenvalue weighted by atomic mass is 10.1. The van der Waals surface area contributed by atoms with Crippen LogP contribution in [0.4, 0.5) is 18.9 Å². The van der Waals surface area contributed by atoms with Gasteiger partial charge in [0.25, 0.3) is 0 Å². The molecule has 16 heavy (non-hydrogen) atoms. The smallest absolute Gasteiger partial charge is 0.368 e. The van der Waals surface area contributed by atoms with Gasteiger partial charge in [-0.1, -0.05) is 12.1 Å². The van der Waals surface area contributed by atoms with Gasteiger partial charge < -0.3 is 4.90 Å². The molecule has 0 bridgehead atoms. The Bertz CT molecular complexity index is 356. The minimum absolute atomic E-state index is 0.268. The van der Waals surface area contributed by atoms with Crippen LogP contribution in [0.2, 0.25) is 0 Å². The summed E-state index contributed by atoms with van der Waals surface area (Å²) in [5.74, 6) is 0. The fraction of sp³-hybridized carbons (Fsp3) is 0.455. The molecule has 1 radical (unpaired) electrons. The van der Waals surface area contributed by atoms with E-state index in [1.165, 1.54) is 12.1 Å². The van der Waals surface area contributed by atoms with Crippen LogP contribution in [0.1, 0.15) is 5.56 Å². The van der Waals surface area contributed by atoms with Crippen LogP contribution in [-0.2, 0) is 6.18 Å². The van der Waals surface area contributed by atoms with Crippen molar-refractivity contribution in [1.82, 2.24) is 5.32 Å². The van der Waals surface area contributed by atoms with Gasteiger partial charge in [0.05, 0.1) is 5.56 Å². The summed E-state index contributed by atoms with van der Waals surface area (Å²) >= 11 is 0. The van der Waals surface area contributed by atoms with Gasteiger partial charge in [-0.2, -0.15) is 13.2 Å². The molecule has 0 aliphatic carbocycles. The van der Waals surface area contributed by atoms with Crippen LogP contribution >= 0.6 is 0 Å². The van der Waals surface area contributed by atoms with Crippen molar-refractivity contribution in [3.8, 4) is 0 Å². The Hall–Kier alpha value is -1.23. The molecule has 0 saturated carbocycles. The fourth-order valence-electron chi connectivity index (χ4n) is 1.84. The summed E-state index contributed by atoms with van der Waals surface area (Å²) in [6.07, 6.45) is -4.29. The highest BCUT2D eigenvalue weighted by molar-refractivity contribution is 5.55. The normalized spacial score (nSPS) is 17.6. The van der Waals surface area contributed by atoms with Crippen molar-refractivity contribution in [1.29, 1.82) is 0 Å². The van der Waals surface area contributed by atoms with Crippen LogP contribution in [0.5, 0.6) is 0 Å². The number of nitrogens with zero attached hydrogens (tertiary/aromatic N) is 2. The van der Waals surface area contributed by atoms with Gasteiger partial charge in [0, 0.05) is 31.9 Å². The molecule has 0 unspecified atom stereocenters. The highest BCUT2D eigenvalue weighted by Crippen LogP contribution is 2.36.